The van der Waals surface area contributed by atoms with Gasteiger partial charge >= 0.3 is 6.03 Å². The van der Waals surface area contributed by atoms with E-state index in [-0.39, 0.29) is 6.03 Å². The van der Waals surface area contributed by atoms with E-state index < -0.39 is 0 Å². The molecule has 0 aromatic carbocycles. The summed E-state index contributed by atoms with van der Waals surface area (Å²) >= 11 is 1.43. The van der Waals surface area contributed by atoms with Gasteiger partial charge in [0.15, 0.2) is 5.82 Å². The second-order valence-corrected chi connectivity index (χ2v) is 4.81. The van der Waals surface area contributed by atoms with Gasteiger partial charge in [0.25, 0.3) is 0 Å². The number of fused-ring (bicyclic) bond motifs is 1. The van der Waals surface area contributed by atoms with Crippen LogP contribution in [0.5, 0.6) is 0 Å². The number of urea groups is 1. The third-order valence-corrected chi connectivity index (χ3v) is 3.53. The lowest BCUT2D eigenvalue weighted by molar-refractivity contribution is 0.203. The van der Waals surface area contributed by atoms with E-state index in [1.165, 1.54) is 11.3 Å². The smallest absolute Gasteiger partial charge is 0.317 e. The van der Waals surface area contributed by atoms with Crippen molar-refractivity contribution in [3.8, 4) is 0 Å². The summed E-state index contributed by atoms with van der Waals surface area (Å²) in [5.74, 6) is 0.752. The Bertz CT molecular complexity index is 544. The molecule has 2 amide bonds. The number of aryl methyl sites for hydroxylation is 1. The van der Waals surface area contributed by atoms with Gasteiger partial charge in [0, 0.05) is 13.1 Å². The number of aromatic nitrogens is 4. The van der Waals surface area contributed by atoms with E-state index in [0.717, 1.165) is 15.8 Å². The van der Waals surface area contributed by atoms with Gasteiger partial charge in [0.1, 0.15) is 5.01 Å². The minimum atomic E-state index is -0.0670. The summed E-state index contributed by atoms with van der Waals surface area (Å²) in [4.78, 5) is 14.2. The molecule has 0 saturated heterocycles. The van der Waals surface area contributed by atoms with E-state index in [4.69, 9.17) is 0 Å². The van der Waals surface area contributed by atoms with Crippen LogP contribution in [-0.2, 0) is 6.54 Å². The number of carbonyl (C=O) groups excluding carboxylic acids is 1. The minimum Gasteiger partial charge on any atom is -0.331 e. The van der Waals surface area contributed by atoms with Gasteiger partial charge in [0.2, 0.25) is 4.96 Å². The fourth-order valence-corrected chi connectivity index (χ4v) is 2.42. The molecule has 2 aromatic rings. The van der Waals surface area contributed by atoms with Crippen LogP contribution in [0.25, 0.3) is 4.96 Å². The van der Waals surface area contributed by atoms with E-state index in [0.29, 0.717) is 19.6 Å². The largest absolute Gasteiger partial charge is 0.331 e. The summed E-state index contributed by atoms with van der Waals surface area (Å²) in [6.45, 7) is 7.57. The standard InChI is InChI=1S/C10H16N6OS/c1-4-15(5-2)9(17)11-6-8-14-16-7(3)12-13-10(16)18-8/h4-6H2,1-3H3,(H,11,17). The predicted molar refractivity (Wildman–Crippen MR) is 68.6 cm³/mol. The Hall–Kier alpha value is -1.70. The zero-order valence-electron chi connectivity index (χ0n) is 10.7. The van der Waals surface area contributed by atoms with Crippen molar-refractivity contribution in [2.45, 2.75) is 27.3 Å². The third-order valence-electron chi connectivity index (χ3n) is 2.63. The van der Waals surface area contributed by atoms with E-state index in [2.05, 4.69) is 20.6 Å². The zero-order valence-corrected chi connectivity index (χ0v) is 11.5. The highest BCUT2D eigenvalue weighted by atomic mass is 32.1. The summed E-state index contributed by atoms with van der Waals surface area (Å²) in [5.41, 5.74) is 0. The number of nitrogens with zero attached hydrogens (tertiary/aromatic N) is 5. The second-order valence-electron chi connectivity index (χ2n) is 3.77. The van der Waals surface area contributed by atoms with Crippen LogP contribution < -0.4 is 5.32 Å². The molecule has 98 valence electrons. The lowest BCUT2D eigenvalue weighted by atomic mass is 10.5. The van der Waals surface area contributed by atoms with Gasteiger partial charge in [-0.25, -0.2) is 4.79 Å². The molecule has 0 aliphatic carbocycles. The summed E-state index contributed by atoms with van der Waals surface area (Å²) < 4.78 is 1.68. The lowest BCUT2D eigenvalue weighted by Crippen LogP contribution is -2.39. The van der Waals surface area contributed by atoms with Crippen LogP contribution in [0.4, 0.5) is 4.79 Å². The zero-order chi connectivity index (χ0) is 13.1. The second kappa shape index (κ2) is 5.30. The number of amides is 2. The normalized spacial score (nSPS) is 10.8. The molecule has 7 nitrogen and oxygen atoms in total. The number of hydrogen-bond acceptors (Lipinski definition) is 5. The summed E-state index contributed by atoms with van der Waals surface area (Å²) in [7, 11) is 0. The van der Waals surface area contributed by atoms with Crippen molar-refractivity contribution in [3.63, 3.8) is 0 Å². The molecule has 0 unspecified atom stereocenters. The highest BCUT2D eigenvalue weighted by molar-refractivity contribution is 7.16. The van der Waals surface area contributed by atoms with Crippen LogP contribution in [0, 0.1) is 6.92 Å². The number of carbonyl (C=O) groups is 1. The highest BCUT2D eigenvalue weighted by Crippen LogP contribution is 2.13. The van der Waals surface area contributed by atoms with Gasteiger partial charge in [0.05, 0.1) is 6.54 Å². The Kier molecular flexibility index (Phi) is 3.75. The van der Waals surface area contributed by atoms with E-state index >= 15 is 0 Å². The summed E-state index contributed by atoms with van der Waals surface area (Å²) in [6, 6.07) is -0.0670. The fraction of sp³-hybridized carbons (Fsp3) is 0.600. The monoisotopic (exact) mass is 268 g/mol. The molecule has 0 fully saturated rings. The molecule has 2 aromatic heterocycles. The maximum atomic E-state index is 11.8. The van der Waals surface area contributed by atoms with Crippen molar-refractivity contribution < 1.29 is 4.79 Å². The summed E-state index contributed by atoms with van der Waals surface area (Å²) in [5, 5.41) is 15.9. The Morgan fingerprint density at radius 1 is 1.39 bits per heavy atom. The first-order chi connectivity index (χ1) is 8.65. The van der Waals surface area contributed by atoms with E-state index in [1.54, 1.807) is 9.42 Å². The molecule has 0 atom stereocenters. The van der Waals surface area contributed by atoms with Crippen LogP contribution in [-0.4, -0.2) is 43.8 Å². The van der Waals surface area contributed by atoms with Crippen molar-refractivity contribution >= 4 is 22.3 Å². The Labute approximate surface area is 109 Å². The van der Waals surface area contributed by atoms with Crippen LogP contribution in [0.3, 0.4) is 0 Å². The number of hydrogen-bond donors (Lipinski definition) is 1. The van der Waals surface area contributed by atoms with Crippen molar-refractivity contribution in [1.82, 2.24) is 30.0 Å². The molecule has 0 saturated carbocycles. The maximum absolute atomic E-state index is 11.8. The fourth-order valence-electron chi connectivity index (χ4n) is 1.60. The number of rotatable bonds is 4. The molecule has 1 N–H and O–H groups in total. The van der Waals surface area contributed by atoms with Gasteiger partial charge in [-0.2, -0.15) is 9.61 Å². The molecular formula is C10H16N6OS. The highest BCUT2D eigenvalue weighted by Gasteiger charge is 2.12. The molecule has 2 heterocycles. The first-order valence-electron chi connectivity index (χ1n) is 5.86. The molecule has 0 radical (unpaired) electrons. The van der Waals surface area contributed by atoms with Gasteiger partial charge in [-0.05, 0) is 20.8 Å². The molecule has 0 spiro atoms. The van der Waals surface area contributed by atoms with Gasteiger partial charge in [-0.15, -0.1) is 10.2 Å². The topological polar surface area (TPSA) is 75.4 Å². The van der Waals surface area contributed by atoms with Crippen molar-refractivity contribution in [2.24, 2.45) is 0 Å². The molecule has 18 heavy (non-hydrogen) atoms. The van der Waals surface area contributed by atoms with Gasteiger partial charge in [-0.1, -0.05) is 11.3 Å². The Balaban J connectivity index is 1.99. The minimum absolute atomic E-state index is 0.0670. The molecular weight excluding hydrogens is 252 g/mol. The molecule has 8 heteroatoms. The van der Waals surface area contributed by atoms with Crippen LogP contribution >= 0.6 is 11.3 Å². The summed E-state index contributed by atoms with van der Waals surface area (Å²) in [6.07, 6.45) is 0. The third kappa shape index (κ3) is 2.42. The average molecular weight is 268 g/mol. The SMILES string of the molecule is CCN(CC)C(=O)NCc1nn2c(C)nnc2s1. The van der Waals surface area contributed by atoms with Crippen LogP contribution in [0.1, 0.15) is 24.7 Å². The van der Waals surface area contributed by atoms with Crippen molar-refractivity contribution in [3.05, 3.63) is 10.8 Å². The Morgan fingerprint density at radius 3 is 2.72 bits per heavy atom. The number of nitrogens with one attached hydrogen (secondary N) is 1. The van der Waals surface area contributed by atoms with E-state index in [1.807, 2.05) is 20.8 Å². The molecule has 2 rings (SSSR count). The average Bonchev–Trinajstić information content (AvgIpc) is 2.91. The molecule has 0 bridgehead atoms. The van der Waals surface area contributed by atoms with Gasteiger partial charge < -0.3 is 10.2 Å². The molecule has 0 aliphatic rings. The first kappa shape index (κ1) is 12.7. The molecule has 0 aliphatic heterocycles. The Morgan fingerprint density at radius 2 is 2.11 bits per heavy atom. The quantitative estimate of drug-likeness (QED) is 0.899. The van der Waals surface area contributed by atoms with Crippen LogP contribution in [0.2, 0.25) is 0 Å². The van der Waals surface area contributed by atoms with Crippen LogP contribution in [0.15, 0.2) is 0 Å². The van der Waals surface area contributed by atoms with Gasteiger partial charge in [-0.3, -0.25) is 0 Å². The lowest BCUT2D eigenvalue weighted by Gasteiger charge is -2.18. The van der Waals surface area contributed by atoms with Crippen molar-refractivity contribution in [2.75, 3.05) is 13.1 Å². The van der Waals surface area contributed by atoms with Crippen molar-refractivity contribution in [1.29, 1.82) is 0 Å². The maximum Gasteiger partial charge on any atom is 0.317 e. The first-order valence-corrected chi connectivity index (χ1v) is 6.67. The van der Waals surface area contributed by atoms with E-state index in [9.17, 15) is 4.79 Å². The predicted octanol–water partition coefficient (Wildman–Crippen LogP) is 1.05.